The molecular weight excluding hydrogens is 654 g/mol. The molecule has 2 aliphatic heterocycles. The van der Waals surface area contributed by atoms with Crippen LogP contribution in [0.4, 0.5) is 17.6 Å². The first-order valence-corrected chi connectivity index (χ1v) is 17.8. The minimum Gasteiger partial charge on any atom is -0.384 e. The van der Waals surface area contributed by atoms with Gasteiger partial charge < -0.3 is 36.1 Å². The zero-order valence-corrected chi connectivity index (χ0v) is 29.2. The van der Waals surface area contributed by atoms with Crippen molar-refractivity contribution in [2.45, 2.75) is 60.8 Å². The van der Waals surface area contributed by atoms with Gasteiger partial charge in [0.1, 0.15) is 16.8 Å². The lowest BCUT2D eigenvalue weighted by atomic mass is 10.2. The number of nitrogens with two attached hydrogens (primary N) is 3. The number of ether oxygens (including phenoxy) is 4. The molecular formula is C30H46ClN7O6S2. The zero-order valence-electron chi connectivity index (χ0n) is 26.9. The SMILES string of the molecule is CCOCC.CCOCC.Nc1cc(S(=O)(=O)[C@H]2CCOC2)cc(-c2cnc(N)nc2)n1.Nc1cc(S[C@H]2CCOC2)cc(Cl)n1. The summed E-state index contributed by atoms with van der Waals surface area (Å²) in [5, 5.41) is 0.420. The lowest BCUT2D eigenvalue weighted by Crippen LogP contribution is -2.21. The van der Waals surface area contributed by atoms with Crippen molar-refractivity contribution in [2.75, 3.05) is 70.1 Å². The summed E-state index contributed by atoms with van der Waals surface area (Å²) in [5.74, 6) is 0.717. The van der Waals surface area contributed by atoms with Gasteiger partial charge in [-0.15, -0.1) is 11.8 Å². The number of aromatic nitrogens is 4. The highest BCUT2D eigenvalue weighted by Gasteiger charge is 2.32. The molecule has 256 valence electrons. The van der Waals surface area contributed by atoms with E-state index in [2.05, 4.69) is 19.9 Å². The van der Waals surface area contributed by atoms with E-state index in [0.29, 0.717) is 40.5 Å². The van der Waals surface area contributed by atoms with Crippen molar-refractivity contribution >= 4 is 50.8 Å². The topological polar surface area (TPSA) is 201 Å². The molecule has 2 saturated heterocycles. The van der Waals surface area contributed by atoms with Gasteiger partial charge in [-0.2, -0.15) is 0 Å². The molecule has 0 aromatic carbocycles. The van der Waals surface area contributed by atoms with Crippen LogP contribution < -0.4 is 17.2 Å². The number of halogens is 1. The predicted molar refractivity (Wildman–Crippen MR) is 184 cm³/mol. The Bertz CT molecular complexity index is 1380. The molecule has 0 aliphatic carbocycles. The predicted octanol–water partition coefficient (Wildman–Crippen LogP) is 4.55. The van der Waals surface area contributed by atoms with Crippen LogP contribution >= 0.6 is 23.4 Å². The number of nitrogens with zero attached hydrogens (tertiary/aromatic N) is 4. The minimum absolute atomic E-state index is 0.117. The Morgan fingerprint density at radius 2 is 1.43 bits per heavy atom. The maximum Gasteiger partial charge on any atom is 0.219 e. The fraction of sp³-hybridized carbons (Fsp3) is 0.533. The van der Waals surface area contributed by atoms with Crippen molar-refractivity contribution in [1.29, 1.82) is 0 Å². The molecule has 5 rings (SSSR count). The molecule has 46 heavy (non-hydrogen) atoms. The molecule has 2 fully saturated rings. The highest BCUT2D eigenvalue weighted by Crippen LogP contribution is 2.31. The molecule has 0 spiro atoms. The van der Waals surface area contributed by atoms with Crippen LogP contribution in [0.2, 0.25) is 5.15 Å². The highest BCUT2D eigenvalue weighted by molar-refractivity contribution is 8.00. The molecule has 0 bridgehead atoms. The van der Waals surface area contributed by atoms with Gasteiger partial charge in [0.15, 0.2) is 9.84 Å². The average molecular weight is 700 g/mol. The van der Waals surface area contributed by atoms with Gasteiger partial charge in [-0.3, -0.25) is 0 Å². The largest absolute Gasteiger partial charge is 0.384 e. The maximum atomic E-state index is 12.6. The fourth-order valence-electron chi connectivity index (χ4n) is 4.03. The summed E-state index contributed by atoms with van der Waals surface area (Å²) in [7, 11) is -3.51. The van der Waals surface area contributed by atoms with E-state index < -0.39 is 15.1 Å². The van der Waals surface area contributed by atoms with E-state index >= 15 is 0 Å². The monoisotopic (exact) mass is 699 g/mol. The van der Waals surface area contributed by atoms with Crippen LogP contribution in [0, 0.1) is 0 Å². The summed E-state index contributed by atoms with van der Waals surface area (Å²) in [5.41, 5.74) is 17.7. The van der Waals surface area contributed by atoms with E-state index in [9.17, 15) is 8.42 Å². The number of anilines is 3. The molecule has 6 N–H and O–H groups in total. The van der Waals surface area contributed by atoms with Crippen molar-refractivity contribution < 1.29 is 27.4 Å². The molecule has 16 heteroatoms. The van der Waals surface area contributed by atoms with Gasteiger partial charge in [-0.05, 0) is 64.8 Å². The van der Waals surface area contributed by atoms with Gasteiger partial charge in [0.25, 0.3) is 0 Å². The van der Waals surface area contributed by atoms with Crippen LogP contribution in [0.3, 0.4) is 0 Å². The Hall–Kier alpha value is -2.79. The van der Waals surface area contributed by atoms with E-state index in [1.54, 1.807) is 11.8 Å². The molecule has 0 radical (unpaired) electrons. The lowest BCUT2D eigenvalue weighted by Gasteiger charge is -2.12. The molecule has 13 nitrogen and oxygen atoms in total. The Labute approximate surface area is 281 Å². The molecule has 2 aliphatic rings. The van der Waals surface area contributed by atoms with Crippen LogP contribution in [0.25, 0.3) is 11.3 Å². The Morgan fingerprint density at radius 3 is 1.93 bits per heavy atom. The highest BCUT2D eigenvalue weighted by atomic mass is 35.5. The van der Waals surface area contributed by atoms with E-state index in [1.165, 1.54) is 24.5 Å². The number of nitrogen functional groups attached to an aromatic ring is 3. The van der Waals surface area contributed by atoms with Crippen LogP contribution in [0.5, 0.6) is 0 Å². The number of pyridine rings is 2. The van der Waals surface area contributed by atoms with Gasteiger partial charge >= 0.3 is 0 Å². The summed E-state index contributed by atoms with van der Waals surface area (Å²) in [6, 6.07) is 6.50. The number of sulfone groups is 1. The van der Waals surface area contributed by atoms with Crippen LogP contribution in [0.15, 0.2) is 46.5 Å². The first kappa shape index (κ1) is 39.4. The van der Waals surface area contributed by atoms with E-state index in [0.717, 1.165) is 51.0 Å². The van der Waals surface area contributed by atoms with Crippen molar-refractivity contribution in [3.05, 3.63) is 41.8 Å². The molecule has 0 amide bonds. The Balaban J connectivity index is 0.000000261. The van der Waals surface area contributed by atoms with E-state index in [-0.39, 0.29) is 23.3 Å². The zero-order chi connectivity index (χ0) is 34.0. The number of thioether (sulfide) groups is 1. The van der Waals surface area contributed by atoms with E-state index in [4.69, 9.17) is 47.7 Å². The summed E-state index contributed by atoms with van der Waals surface area (Å²) in [6.45, 7) is 13.6. The van der Waals surface area contributed by atoms with Crippen LogP contribution in [-0.4, -0.2) is 91.7 Å². The molecule has 2 atom stereocenters. The number of rotatable bonds is 9. The number of hydrogen-bond acceptors (Lipinski definition) is 14. The molecule has 0 saturated carbocycles. The summed E-state index contributed by atoms with van der Waals surface area (Å²) in [6.07, 6.45) is 4.51. The summed E-state index contributed by atoms with van der Waals surface area (Å²) >= 11 is 7.55. The standard InChI is InChI=1S/C13H15N5O3S.C9H11ClN2OS.2C4H10O/c14-12-4-10(22(19,20)9-1-2-21-7-9)3-11(18-12)8-5-16-13(15)17-6-8;10-8-3-7(4-9(11)12-8)14-6-1-2-13-5-6;2*1-3-5-4-2/h3-6,9H,1-2,7H2,(H2,14,18)(H2,15,16,17);3-4,6H,1-2,5H2,(H2,11,12);2*3-4H2,1-2H3/t9-;6-;;/m00../s1. The molecule has 5 heterocycles. The van der Waals surface area contributed by atoms with Gasteiger partial charge in [0.2, 0.25) is 5.95 Å². The third-order valence-electron chi connectivity index (χ3n) is 6.24. The van der Waals surface area contributed by atoms with Crippen molar-refractivity contribution in [1.82, 2.24) is 19.9 Å². The first-order valence-electron chi connectivity index (χ1n) is 15.0. The Morgan fingerprint density at radius 1 is 0.848 bits per heavy atom. The van der Waals surface area contributed by atoms with Gasteiger partial charge in [0.05, 0.1) is 29.1 Å². The Kier molecular flexibility index (Phi) is 18.1. The third-order valence-corrected chi connectivity index (χ3v) is 9.78. The van der Waals surface area contributed by atoms with Gasteiger partial charge in [0, 0.05) is 67.7 Å². The number of hydrogen-bond donors (Lipinski definition) is 3. The van der Waals surface area contributed by atoms with E-state index in [1.807, 2.05) is 39.8 Å². The summed E-state index contributed by atoms with van der Waals surface area (Å²) < 4.78 is 45.3. The second kappa shape index (κ2) is 21.2. The second-order valence-corrected chi connectivity index (χ2v) is 13.7. The molecule has 3 aromatic heterocycles. The third kappa shape index (κ3) is 13.9. The van der Waals surface area contributed by atoms with Crippen molar-refractivity contribution in [3.63, 3.8) is 0 Å². The van der Waals surface area contributed by atoms with Gasteiger partial charge in [-0.25, -0.2) is 28.4 Å². The minimum atomic E-state index is -3.51. The van der Waals surface area contributed by atoms with Crippen LogP contribution in [-0.2, 0) is 28.8 Å². The van der Waals surface area contributed by atoms with Crippen molar-refractivity contribution in [3.8, 4) is 11.3 Å². The molecule has 3 aromatic rings. The molecule has 0 unspecified atom stereocenters. The van der Waals surface area contributed by atoms with Crippen molar-refractivity contribution in [2.24, 2.45) is 0 Å². The van der Waals surface area contributed by atoms with Crippen LogP contribution in [0.1, 0.15) is 40.5 Å². The lowest BCUT2D eigenvalue weighted by molar-refractivity contribution is 0.162. The first-order chi connectivity index (χ1) is 22.0. The van der Waals surface area contributed by atoms with Gasteiger partial charge in [-0.1, -0.05) is 11.6 Å². The second-order valence-electron chi connectivity index (χ2n) is 9.69. The maximum absolute atomic E-state index is 12.6. The summed E-state index contributed by atoms with van der Waals surface area (Å²) in [4.78, 5) is 17.0. The average Bonchev–Trinajstić information content (AvgIpc) is 3.74. The normalized spacial score (nSPS) is 17.2. The smallest absolute Gasteiger partial charge is 0.219 e. The quantitative estimate of drug-likeness (QED) is 0.263. The fourth-order valence-corrected chi connectivity index (χ4v) is 7.06.